The molecule has 1 atom stereocenters. The SMILES string of the molecule is O=C1NC(=O)C(Cc2ccc(OCCCN(c3ccccn3)C3CC3)cc2)S1. The maximum absolute atomic E-state index is 11.7. The van der Waals surface area contributed by atoms with Crippen LogP contribution < -0.4 is 15.0 Å². The summed E-state index contributed by atoms with van der Waals surface area (Å²) in [5.74, 6) is 1.66. The lowest BCUT2D eigenvalue weighted by Crippen LogP contribution is -2.28. The minimum absolute atomic E-state index is 0.205. The molecule has 146 valence electrons. The topological polar surface area (TPSA) is 71.5 Å². The first-order chi connectivity index (χ1) is 13.7. The second-order valence-corrected chi connectivity index (χ2v) is 8.22. The zero-order valence-corrected chi connectivity index (χ0v) is 16.4. The number of thioether (sulfide) groups is 1. The lowest BCUT2D eigenvalue weighted by atomic mass is 10.1. The van der Waals surface area contributed by atoms with E-state index in [1.807, 2.05) is 42.6 Å². The van der Waals surface area contributed by atoms with Gasteiger partial charge in [0.2, 0.25) is 5.91 Å². The summed E-state index contributed by atoms with van der Waals surface area (Å²) in [5, 5.41) is 1.72. The third-order valence-electron chi connectivity index (χ3n) is 4.85. The van der Waals surface area contributed by atoms with Gasteiger partial charge in [-0.25, -0.2) is 4.98 Å². The molecule has 2 fully saturated rings. The number of amides is 2. The van der Waals surface area contributed by atoms with Crippen LogP contribution in [0, 0.1) is 0 Å². The monoisotopic (exact) mass is 397 g/mol. The Labute approximate surface area is 168 Å². The van der Waals surface area contributed by atoms with Crippen molar-refractivity contribution in [2.45, 2.75) is 37.0 Å². The molecule has 1 saturated heterocycles. The van der Waals surface area contributed by atoms with Crippen molar-refractivity contribution in [1.82, 2.24) is 10.3 Å². The molecule has 0 spiro atoms. The number of pyridine rings is 1. The van der Waals surface area contributed by atoms with Crippen molar-refractivity contribution in [3.05, 3.63) is 54.2 Å². The summed E-state index contributed by atoms with van der Waals surface area (Å²) in [6.45, 7) is 1.58. The van der Waals surface area contributed by atoms with Crippen molar-refractivity contribution in [3.63, 3.8) is 0 Å². The molecule has 1 aromatic heterocycles. The van der Waals surface area contributed by atoms with Gasteiger partial charge in [0, 0.05) is 18.8 Å². The first-order valence-corrected chi connectivity index (χ1v) is 10.5. The van der Waals surface area contributed by atoms with Crippen molar-refractivity contribution in [1.29, 1.82) is 0 Å². The molecule has 0 bridgehead atoms. The van der Waals surface area contributed by atoms with Crippen LogP contribution in [-0.2, 0) is 11.2 Å². The molecule has 2 aromatic rings. The van der Waals surface area contributed by atoms with E-state index in [-0.39, 0.29) is 16.4 Å². The van der Waals surface area contributed by atoms with Crippen LogP contribution in [0.5, 0.6) is 5.75 Å². The number of carbonyl (C=O) groups excluding carboxylic acids is 2. The Bertz CT molecular complexity index is 825. The molecular formula is C21H23N3O3S. The first kappa shape index (κ1) is 18.8. The predicted molar refractivity (Wildman–Crippen MR) is 110 cm³/mol. The van der Waals surface area contributed by atoms with Gasteiger partial charge >= 0.3 is 0 Å². The summed E-state index contributed by atoms with van der Waals surface area (Å²) in [4.78, 5) is 29.7. The van der Waals surface area contributed by atoms with E-state index >= 15 is 0 Å². The molecule has 1 aromatic carbocycles. The van der Waals surface area contributed by atoms with Crippen LogP contribution in [0.2, 0.25) is 0 Å². The highest BCUT2D eigenvalue weighted by atomic mass is 32.2. The summed E-state index contributed by atoms with van der Waals surface area (Å²) in [6.07, 6.45) is 5.79. The molecule has 1 aliphatic heterocycles. The van der Waals surface area contributed by atoms with Crippen LogP contribution in [0.15, 0.2) is 48.7 Å². The molecule has 6 nitrogen and oxygen atoms in total. The van der Waals surface area contributed by atoms with Crippen LogP contribution in [0.25, 0.3) is 0 Å². The van der Waals surface area contributed by atoms with Gasteiger partial charge in [0.25, 0.3) is 5.24 Å². The van der Waals surface area contributed by atoms with Crippen LogP contribution in [0.4, 0.5) is 10.6 Å². The number of carbonyl (C=O) groups is 2. The minimum Gasteiger partial charge on any atom is -0.494 e. The fourth-order valence-corrected chi connectivity index (χ4v) is 4.14. The Balaban J connectivity index is 1.23. The van der Waals surface area contributed by atoms with Crippen molar-refractivity contribution in [2.75, 3.05) is 18.1 Å². The lowest BCUT2D eigenvalue weighted by Gasteiger charge is -2.23. The number of hydrogen-bond donors (Lipinski definition) is 1. The third-order valence-corrected chi connectivity index (χ3v) is 5.84. The molecule has 4 rings (SSSR count). The minimum atomic E-state index is -0.334. The molecule has 0 radical (unpaired) electrons. The van der Waals surface area contributed by atoms with E-state index < -0.39 is 0 Å². The zero-order valence-electron chi connectivity index (χ0n) is 15.5. The molecule has 2 heterocycles. The number of hydrogen-bond acceptors (Lipinski definition) is 6. The van der Waals surface area contributed by atoms with Crippen molar-refractivity contribution >= 4 is 28.7 Å². The highest BCUT2D eigenvalue weighted by Crippen LogP contribution is 2.30. The molecule has 1 unspecified atom stereocenters. The van der Waals surface area contributed by atoms with Crippen molar-refractivity contribution < 1.29 is 14.3 Å². The molecule has 1 aliphatic carbocycles. The van der Waals surface area contributed by atoms with E-state index in [0.29, 0.717) is 19.1 Å². The third kappa shape index (κ3) is 4.84. The Morgan fingerprint density at radius 1 is 1.14 bits per heavy atom. The summed E-state index contributed by atoms with van der Waals surface area (Å²) in [7, 11) is 0. The second kappa shape index (κ2) is 8.65. The quantitative estimate of drug-likeness (QED) is 0.654. The zero-order chi connectivity index (χ0) is 19.3. The number of ether oxygens (including phenoxy) is 1. The first-order valence-electron chi connectivity index (χ1n) is 9.60. The Hall–Kier alpha value is -2.54. The summed E-state index contributed by atoms with van der Waals surface area (Å²) in [5.41, 5.74) is 1.02. The molecule has 28 heavy (non-hydrogen) atoms. The maximum atomic E-state index is 11.7. The Kier molecular flexibility index (Phi) is 5.81. The maximum Gasteiger partial charge on any atom is 0.286 e. The van der Waals surface area contributed by atoms with Gasteiger partial charge in [-0.2, -0.15) is 0 Å². The molecule has 7 heteroatoms. The van der Waals surface area contributed by atoms with E-state index in [9.17, 15) is 9.59 Å². The summed E-state index contributed by atoms with van der Waals surface area (Å²) in [6, 6.07) is 14.4. The van der Waals surface area contributed by atoms with Gasteiger partial charge in [0.15, 0.2) is 0 Å². The van der Waals surface area contributed by atoms with E-state index in [1.54, 1.807) is 0 Å². The van der Waals surface area contributed by atoms with E-state index in [0.717, 1.165) is 41.9 Å². The Morgan fingerprint density at radius 3 is 2.61 bits per heavy atom. The van der Waals surface area contributed by atoms with Gasteiger partial charge in [-0.3, -0.25) is 14.9 Å². The number of imide groups is 1. The van der Waals surface area contributed by atoms with E-state index in [2.05, 4.69) is 21.3 Å². The average Bonchev–Trinajstić information content (AvgIpc) is 3.49. The smallest absolute Gasteiger partial charge is 0.286 e. The second-order valence-electron chi connectivity index (χ2n) is 7.05. The number of anilines is 1. The fraction of sp³-hybridized carbons (Fsp3) is 0.381. The molecule has 2 aliphatic rings. The van der Waals surface area contributed by atoms with Gasteiger partial charge in [0.05, 0.1) is 11.9 Å². The van der Waals surface area contributed by atoms with Crippen LogP contribution >= 0.6 is 11.8 Å². The normalized spacial score (nSPS) is 18.8. The largest absolute Gasteiger partial charge is 0.494 e. The summed E-state index contributed by atoms with van der Waals surface area (Å²) >= 11 is 1.06. The Morgan fingerprint density at radius 2 is 1.96 bits per heavy atom. The molecule has 2 amide bonds. The average molecular weight is 398 g/mol. The number of benzene rings is 1. The predicted octanol–water partition coefficient (Wildman–Crippen LogP) is 3.41. The van der Waals surface area contributed by atoms with Crippen LogP contribution in [0.3, 0.4) is 0 Å². The van der Waals surface area contributed by atoms with Gasteiger partial charge < -0.3 is 9.64 Å². The lowest BCUT2D eigenvalue weighted by molar-refractivity contribution is -0.118. The van der Waals surface area contributed by atoms with Crippen LogP contribution in [0.1, 0.15) is 24.8 Å². The summed E-state index contributed by atoms with van der Waals surface area (Å²) < 4.78 is 5.87. The van der Waals surface area contributed by atoms with Gasteiger partial charge in [-0.15, -0.1) is 0 Å². The molecule has 1 saturated carbocycles. The van der Waals surface area contributed by atoms with Crippen molar-refractivity contribution in [2.24, 2.45) is 0 Å². The molecular weight excluding hydrogens is 374 g/mol. The van der Waals surface area contributed by atoms with E-state index in [1.165, 1.54) is 12.8 Å². The van der Waals surface area contributed by atoms with Gasteiger partial charge in [-0.1, -0.05) is 30.0 Å². The number of aromatic nitrogens is 1. The molecule has 1 N–H and O–H groups in total. The van der Waals surface area contributed by atoms with Crippen LogP contribution in [-0.4, -0.2) is 40.6 Å². The highest BCUT2D eigenvalue weighted by molar-refractivity contribution is 8.15. The highest BCUT2D eigenvalue weighted by Gasteiger charge is 2.31. The number of nitrogens with zero attached hydrogens (tertiary/aromatic N) is 2. The number of nitrogens with one attached hydrogen (secondary N) is 1. The van der Waals surface area contributed by atoms with Gasteiger partial charge in [-0.05, 0) is 55.5 Å². The number of rotatable bonds is 9. The van der Waals surface area contributed by atoms with Gasteiger partial charge in [0.1, 0.15) is 11.6 Å². The fourth-order valence-electron chi connectivity index (χ4n) is 3.28. The van der Waals surface area contributed by atoms with Crippen molar-refractivity contribution in [3.8, 4) is 5.75 Å². The standard InChI is InChI=1S/C21H23N3O3S/c25-20-18(28-21(26)23-20)14-15-5-9-17(10-6-15)27-13-3-12-24(16-7-8-16)19-4-1-2-11-22-19/h1-2,4-6,9-11,16,18H,3,7-8,12-14H2,(H,23,25,26). The van der Waals surface area contributed by atoms with E-state index in [4.69, 9.17) is 4.74 Å².